The van der Waals surface area contributed by atoms with Gasteiger partial charge in [0.1, 0.15) is 6.04 Å². The Balaban J connectivity index is 2.13. The number of rotatable bonds is 10. The Morgan fingerprint density at radius 1 is 0.962 bits per heavy atom. The van der Waals surface area contributed by atoms with Gasteiger partial charge in [0.05, 0.1) is 4.90 Å². The quantitative estimate of drug-likeness (QED) is 0.628. The third kappa shape index (κ3) is 6.28. The van der Waals surface area contributed by atoms with Crippen molar-refractivity contribution >= 4 is 15.9 Å². The number of nitrogens with one attached hydrogen (secondary N) is 2. The highest BCUT2D eigenvalue weighted by atomic mass is 32.2. The zero-order chi connectivity index (χ0) is 18.8. The minimum Gasteiger partial charge on any atom is -0.355 e. The van der Waals surface area contributed by atoms with Gasteiger partial charge < -0.3 is 5.32 Å². The first kappa shape index (κ1) is 20.1. The van der Waals surface area contributed by atoms with Crippen molar-refractivity contribution in [3.63, 3.8) is 0 Å². The van der Waals surface area contributed by atoms with E-state index in [1.54, 1.807) is 18.2 Å². The average Bonchev–Trinajstić information content (AvgIpc) is 2.66. The van der Waals surface area contributed by atoms with E-state index in [9.17, 15) is 13.2 Å². The van der Waals surface area contributed by atoms with Crippen molar-refractivity contribution in [1.82, 2.24) is 10.0 Å². The average molecular weight is 375 g/mol. The topological polar surface area (TPSA) is 75.3 Å². The molecule has 1 amide bonds. The molecule has 0 aliphatic rings. The molecule has 6 heteroatoms. The van der Waals surface area contributed by atoms with Gasteiger partial charge in [0.15, 0.2) is 0 Å². The van der Waals surface area contributed by atoms with Crippen molar-refractivity contribution in [2.75, 3.05) is 6.54 Å². The van der Waals surface area contributed by atoms with Gasteiger partial charge in [0.25, 0.3) is 0 Å². The highest BCUT2D eigenvalue weighted by Crippen LogP contribution is 2.11. The molecular weight excluding hydrogens is 348 g/mol. The van der Waals surface area contributed by atoms with E-state index in [2.05, 4.69) is 17.0 Å². The first-order valence-corrected chi connectivity index (χ1v) is 10.4. The molecule has 26 heavy (non-hydrogen) atoms. The predicted octanol–water partition coefficient (Wildman–Crippen LogP) is 2.88. The Morgan fingerprint density at radius 2 is 1.58 bits per heavy atom. The van der Waals surface area contributed by atoms with E-state index in [0.29, 0.717) is 13.0 Å². The summed E-state index contributed by atoms with van der Waals surface area (Å²) in [6.45, 7) is 2.64. The van der Waals surface area contributed by atoms with Crippen LogP contribution in [0.1, 0.15) is 31.7 Å². The molecule has 0 radical (unpaired) electrons. The van der Waals surface area contributed by atoms with Crippen LogP contribution < -0.4 is 10.0 Å². The maximum atomic E-state index is 12.6. The summed E-state index contributed by atoms with van der Waals surface area (Å²) in [5.41, 5.74) is 0.900. The summed E-state index contributed by atoms with van der Waals surface area (Å²) in [5, 5.41) is 2.85. The monoisotopic (exact) mass is 374 g/mol. The van der Waals surface area contributed by atoms with E-state index < -0.39 is 16.1 Å². The van der Waals surface area contributed by atoms with Gasteiger partial charge in [-0.25, -0.2) is 8.42 Å². The second-order valence-electron chi connectivity index (χ2n) is 6.17. The molecule has 0 aliphatic carbocycles. The smallest absolute Gasteiger partial charge is 0.241 e. The number of benzene rings is 2. The van der Waals surface area contributed by atoms with E-state index >= 15 is 0 Å². The van der Waals surface area contributed by atoms with Crippen LogP contribution in [0.15, 0.2) is 65.6 Å². The molecule has 0 unspecified atom stereocenters. The summed E-state index contributed by atoms with van der Waals surface area (Å²) in [4.78, 5) is 12.7. The van der Waals surface area contributed by atoms with E-state index in [1.165, 1.54) is 12.1 Å². The fourth-order valence-electron chi connectivity index (χ4n) is 2.60. The molecule has 0 spiro atoms. The van der Waals surface area contributed by atoms with Crippen LogP contribution in [-0.4, -0.2) is 26.9 Å². The molecule has 0 aliphatic heterocycles. The maximum Gasteiger partial charge on any atom is 0.241 e. The van der Waals surface area contributed by atoms with Gasteiger partial charge in [-0.15, -0.1) is 0 Å². The molecule has 0 fully saturated rings. The molecule has 2 N–H and O–H groups in total. The Hall–Kier alpha value is -2.18. The zero-order valence-corrected chi connectivity index (χ0v) is 15.8. The number of unbranched alkanes of at least 4 members (excludes halogenated alkanes) is 2. The largest absolute Gasteiger partial charge is 0.355 e. The third-order valence-corrected chi connectivity index (χ3v) is 5.52. The van der Waals surface area contributed by atoms with Crippen LogP contribution in [0.3, 0.4) is 0 Å². The lowest BCUT2D eigenvalue weighted by Gasteiger charge is -2.19. The van der Waals surface area contributed by atoms with Crippen molar-refractivity contribution < 1.29 is 13.2 Å². The zero-order valence-electron chi connectivity index (χ0n) is 15.0. The Morgan fingerprint density at radius 3 is 2.19 bits per heavy atom. The van der Waals surface area contributed by atoms with E-state index in [0.717, 1.165) is 24.8 Å². The van der Waals surface area contributed by atoms with E-state index in [4.69, 9.17) is 0 Å². The third-order valence-electron chi connectivity index (χ3n) is 4.03. The molecule has 0 saturated heterocycles. The molecule has 2 rings (SSSR count). The van der Waals surface area contributed by atoms with Crippen molar-refractivity contribution in [2.45, 2.75) is 43.5 Å². The van der Waals surface area contributed by atoms with Gasteiger partial charge in [0.2, 0.25) is 15.9 Å². The molecule has 2 aromatic carbocycles. The molecule has 5 nitrogen and oxygen atoms in total. The molecule has 140 valence electrons. The van der Waals surface area contributed by atoms with Crippen molar-refractivity contribution in [2.24, 2.45) is 0 Å². The minimum absolute atomic E-state index is 0.150. The van der Waals surface area contributed by atoms with Crippen LogP contribution in [0.2, 0.25) is 0 Å². The van der Waals surface area contributed by atoms with E-state index in [-0.39, 0.29) is 10.8 Å². The van der Waals surface area contributed by atoms with Gasteiger partial charge in [-0.1, -0.05) is 68.3 Å². The standard InChI is InChI=1S/C20H26N2O3S/c1-2-3-10-15-21-20(23)19(16-17-11-6-4-7-12-17)22-26(24,25)18-13-8-5-9-14-18/h4-9,11-14,19,22H,2-3,10,15-16H2,1H3,(H,21,23)/t19-/m0/s1. The van der Waals surface area contributed by atoms with Gasteiger partial charge in [-0.3, -0.25) is 4.79 Å². The number of hydrogen-bond acceptors (Lipinski definition) is 3. The summed E-state index contributed by atoms with van der Waals surface area (Å²) in [5.74, 6) is -0.301. The Bertz CT molecular complexity index is 777. The highest BCUT2D eigenvalue weighted by Gasteiger charge is 2.25. The summed E-state index contributed by atoms with van der Waals surface area (Å²) < 4.78 is 27.8. The lowest BCUT2D eigenvalue weighted by molar-refractivity contribution is -0.122. The Kier molecular flexibility index (Phi) is 7.81. The molecule has 0 saturated carbocycles. The molecular formula is C20H26N2O3S. The van der Waals surface area contributed by atoms with Crippen LogP contribution in [0.5, 0.6) is 0 Å². The van der Waals surface area contributed by atoms with Crippen LogP contribution in [-0.2, 0) is 21.2 Å². The lowest BCUT2D eigenvalue weighted by Crippen LogP contribution is -2.48. The van der Waals surface area contributed by atoms with Gasteiger partial charge in [-0.05, 0) is 30.5 Å². The first-order valence-electron chi connectivity index (χ1n) is 8.92. The first-order chi connectivity index (χ1) is 12.5. The Labute approximate surface area is 155 Å². The minimum atomic E-state index is -3.77. The lowest BCUT2D eigenvalue weighted by atomic mass is 10.1. The fraction of sp³-hybridized carbons (Fsp3) is 0.350. The second-order valence-corrected chi connectivity index (χ2v) is 7.89. The number of amides is 1. The summed E-state index contributed by atoms with van der Waals surface area (Å²) in [6.07, 6.45) is 3.27. The predicted molar refractivity (Wildman–Crippen MR) is 103 cm³/mol. The number of hydrogen-bond donors (Lipinski definition) is 2. The number of sulfonamides is 1. The van der Waals surface area contributed by atoms with Crippen LogP contribution in [0.25, 0.3) is 0 Å². The van der Waals surface area contributed by atoms with Crippen LogP contribution in [0.4, 0.5) is 0 Å². The molecule has 2 aromatic rings. The molecule has 1 atom stereocenters. The van der Waals surface area contributed by atoms with Gasteiger partial charge in [0, 0.05) is 6.54 Å². The van der Waals surface area contributed by atoms with Crippen molar-refractivity contribution in [3.8, 4) is 0 Å². The maximum absolute atomic E-state index is 12.6. The summed E-state index contributed by atoms with van der Waals surface area (Å²) >= 11 is 0. The van der Waals surface area contributed by atoms with Crippen molar-refractivity contribution in [1.29, 1.82) is 0 Å². The highest BCUT2D eigenvalue weighted by molar-refractivity contribution is 7.89. The normalized spacial score (nSPS) is 12.5. The SMILES string of the molecule is CCCCCNC(=O)[C@H](Cc1ccccc1)NS(=O)(=O)c1ccccc1. The van der Waals surface area contributed by atoms with Gasteiger partial charge in [-0.2, -0.15) is 4.72 Å². The van der Waals surface area contributed by atoms with Crippen LogP contribution in [0, 0.1) is 0 Å². The molecule has 0 heterocycles. The van der Waals surface area contributed by atoms with Crippen molar-refractivity contribution in [3.05, 3.63) is 66.2 Å². The summed E-state index contributed by atoms with van der Waals surface area (Å²) in [7, 11) is -3.77. The number of carbonyl (C=O) groups excluding carboxylic acids is 1. The van der Waals surface area contributed by atoms with Gasteiger partial charge >= 0.3 is 0 Å². The number of carbonyl (C=O) groups is 1. The second kappa shape index (κ2) is 10.1. The van der Waals surface area contributed by atoms with E-state index in [1.807, 2.05) is 30.3 Å². The van der Waals surface area contributed by atoms with Crippen LogP contribution >= 0.6 is 0 Å². The molecule has 0 bridgehead atoms. The fourth-order valence-corrected chi connectivity index (χ4v) is 3.82. The summed E-state index contributed by atoms with van der Waals surface area (Å²) in [6, 6.07) is 16.6. The molecule has 0 aromatic heterocycles.